The minimum absolute atomic E-state index is 0.0329. The molecule has 1 aromatic carbocycles. The lowest BCUT2D eigenvalue weighted by molar-refractivity contribution is -0.113. The molecule has 0 unspecified atom stereocenters. The van der Waals surface area contributed by atoms with E-state index in [1.54, 1.807) is 37.5 Å². The van der Waals surface area contributed by atoms with Crippen molar-refractivity contribution >= 4 is 17.6 Å². The van der Waals surface area contributed by atoms with E-state index in [0.29, 0.717) is 29.3 Å². The summed E-state index contributed by atoms with van der Waals surface area (Å²) in [6.45, 7) is 4.07. The predicted octanol–water partition coefficient (Wildman–Crippen LogP) is 4.29. The number of nitriles is 1. The van der Waals surface area contributed by atoms with Gasteiger partial charge in [0.2, 0.25) is 0 Å². The molecule has 218 valence electrons. The van der Waals surface area contributed by atoms with Crippen LogP contribution in [0.4, 0.5) is 14.6 Å². The molecule has 3 heterocycles. The summed E-state index contributed by atoms with van der Waals surface area (Å²) in [6.07, 6.45) is 3.52. The third-order valence-electron chi connectivity index (χ3n) is 7.27. The molecule has 0 bridgehead atoms. The fourth-order valence-corrected chi connectivity index (χ4v) is 4.96. The molecular weight excluding hydrogens is 542 g/mol. The number of rotatable bonds is 9. The van der Waals surface area contributed by atoms with Gasteiger partial charge in [0.25, 0.3) is 23.3 Å². The van der Waals surface area contributed by atoms with Crippen molar-refractivity contribution in [3.63, 3.8) is 0 Å². The number of hydrogen-bond acceptors (Lipinski definition) is 6. The lowest BCUT2D eigenvalue weighted by Crippen LogP contribution is -2.58. The minimum atomic E-state index is -2.94. The van der Waals surface area contributed by atoms with E-state index in [4.69, 9.17) is 0 Å². The third kappa shape index (κ3) is 6.39. The molecule has 0 atom stereocenters. The minimum Gasteiger partial charge on any atom is -0.326 e. The Morgan fingerprint density at radius 3 is 2.52 bits per heavy atom. The van der Waals surface area contributed by atoms with Gasteiger partial charge in [-0.05, 0) is 72.3 Å². The Hall–Kier alpha value is -4.43. The van der Waals surface area contributed by atoms with Crippen molar-refractivity contribution in [2.24, 2.45) is 13.0 Å². The average Bonchev–Trinajstić information content (AvgIpc) is 3.78. The number of aryl methyl sites for hydroxylation is 1. The molecule has 11 heteroatoms. The first-order chi connectivity index (χ1) is 19.9. The van der Waals surface area contributed by atoms with Crippen LogP contribution in [0.2, 0.25) is 0 Å². The van der Waals surface area contributed by atoms with E-state index >= 15 is 0 Å². The normalized spacial score (nSPS) is 15.7. The fourth-order valence-electron chi connectivity index (χ4n) is 4.96. The number of pyridine rings is 2. The molecule has 2 fully saturated rings. The maximum absolute atomic E-state index is 13.5. The number of aromatic nitrogens is 2. The lowest BCUT2D eigenvalue weighted by Gasteiger charge is -2.39. The highest BCUT2D eigenvalue weighted by atomic mass is 19.3. The van der Waals surface area contributed by atoms with Crippen LogP contribution in [0, 0.1) is 17.2 Å². The summed E-state index contributed by atoms with van der Waals surface area (Å²) in [5.74, 6) is -3.34. The number of alkyl halides is 2. The highest BCUT2D eigenvalue weighted by Gasteiger charge is 2.46. The number of amides is 2. The van der Waals surface area contributed by atoms with E-state index in [1.807, 2.05) is 12.1 Å². The monoisotopic (exact) mass is 574 g/mol. The van der Waals surface area contributed by atoms with Gasteiger partial charge in [-0.1, -0.05) is 19.9 Å². The van der Waals surface area contributed by atoms with Gasteiger partial charge in [-0.2, -0.15) is 5.26 Å². The summed E-state index contributed by atoms with van der Waals surface area (Å²) < 4.78 is 28.5. The van der Waals surface area contributed by atoms with Crippen LogP contribution in [0.3, 0.4) is 0 Å². The van der Waals surface area contributed by atoms with Gasteiger partial charge in [-0.3, -0.25) is 14.4 Å². The zero-order chi connectivity index (χ0) is 30.2. The van der Waals surface area contributed by atoms with E-state index in [1.165, 1.54) is 10.6 Å². The van der Waals surface area contributed by atoms with Gasteiger partial charge in [-0.15, -0.1) is 0 Å². The molecule has 2 aliphatic rings. The number of carbonyl (C=O) groups is 2. The zero-order valence-corrected chi connectivity index (χ0v) is 23.7. The topological polar surface area (TPSA) is 120 Å². The van der Waals surface area contributed by atoms with Gasteiger partial charge >= 0.3 is 0 Å². The molecule has 2 aromatic heterocycles. The zero-order valence-electron chi connectivity index (χ0n) is 23.7. The largest absolute Gasteiger partial charge is 0.326 e. The van der Waals surface area contributed by atoms with E-state index in [2.05, 4.69) is 29.5 Å². The molecule has 2 amide bonds. The van der Waals surface area contributed by atoms with Crippen molar-refractivity contribution in [3.05, 3.63) is 80.9 Å². The van der Waals surface area contributed by atoms with E-state index in [-0.39, 0.29) is 28.4 Å². The Morgan fingerprint density at radius 1 is 1.14 bits per heavy atom. The average molecular weight is 575 g/mol. The van der Waals surface area contributed by atoms with Crippen molar-refractivity contribution in [1.29, 1.82) is 5.26 Å². The second-order valence-electron chi connectivity index (χ2n) is 11.5. The molecule has 0 spiro atoms. The van der Waals surface area contributed by atoms with Crippen LogP contribution in [0.1, 0.15) is 70.1 Å². The van der Waals surface area contributed by atoms with E-state index < -0.39 is 36.4 Å². The highest BCUT2D eigenvalue weighted by molar-refractivity contribution is 6.05. The van der Waals surface area contributed by atoms with Crippen LogP contribution in [0.25, 0.3) is 11.1 Å². The third-order valence-corrected chi connectivity index (χ3v) is 7.27. The summed E-state index contributed by atoms with van der Waals surface area (Å²) in [5, 5.41) is 15.5. The fraction of sp³-hybridized carbons (Fsp3) is 0.387. The molecule has 1 aliphatic heterocycles. The highest BCUT2D eigenvalue weighted by Crippen LogP contribution is 2.41. The van der Waals surface area contributed by atoms with E-state index in [0.717, 1.165) is 29.8 Å². The number of hydrogen-bond donors (Lipinski definition) is 2. The summed E-state index contributed by atoms with van der Waals surface area (Å²) in [5.41, 5.74) is 2.31. The number of likely N-dealkylation sites (tertiary alicyclic amines) is 1. The van der Waals surface area contributed by atoms with Gasteiger partial charge in [0, 0.05) is 37.0 Å². The Kier molecular flexibility index (Phi) is 7.93. The number of carbonyl (C=O) groups excluding carboxylic acids is 2. The second-order valence-corrected chi connectivity index (χ2v) is 11.5. The number of nitrogens with one attached hydrogen (secondary N) is 2. The lowest BCUT2D eigenvalue weighted by atomic mass is 9.95. The van der Waals surface area contributed by atoms with Crippen LogP contribution < -0.4 is 16.2 Å². The van der Waals surface area contributed by atoms with Crippen LogP contribution in [-0.4, -0.2) is 51.8 Å². The van der Waals surface area contributed by atoms with Gasteiger partial charge in [0.05, 0.1) is 24.7 Å². The van der Waals surface area contributed by atoms with Crippen molar-refractivity contribution in [2.75, 3.05) is 25.0 Å². The second kappa shape index (κ2) is 11.4. The molecule has 9 nitrogen and oxygen atoms in total. The molecule has 3 aromatic rings. The first kappa shape index (κ1) is 29.1. The van der Waals surface area contributed by atoms with Crippen molar-refractivity contribution in [1.82, 2.24) is 19.8 Å². The summed E-state index contributed by atoms with van der Waals surface area (Å²) in [7, 11) is 1.59. The van der Waals surface area contributed by atoms with Gasteiger partial charge in [0.15, 0.2) is 0 Å². The number of benzene rings is 1. The molecule has 1 saturated carbocycles. The van der Waals surface area contributed by atoms with Crippen LogP contribution in [0.15, 0.2) is 47.4 Å². The van der Waals surface area contributed by atoms with Gasteiger partial charge in [0.1, 0.15) is 11.4 Å². The summed E-state index contributed by atoms with van der Waals surface area (Å²) in [4.78, 5) is 45.1. The number of nitrogens with zero attached hydrogens (tertiary/aromatic N) is 4. The Morgan fingerprint density at radius 2 is 1.88 bits per heavy atom. The quantitative estimate of drug-likeness (QED) is 0.394. The Bertz CT molecular complexity index is 1650. The standard InChI is InChI=1S/C31H32F2N6O3/c1-18(2)13-35-14-20-9-25(29(41)38(3)15-20)28(40)37-27-11-22(10-26(36-27)21-5-6-21)23-7-4-19(12-34)8-24(23)30(42)39-16-31(32,33)17-39/h4,7-11,15,18,21,35H,5-6,13-14,16-17H2,1-3H3,(H,36,37,40). The molecule has 2 N–H and O–H groups in total. The van der Waals surface area contributed by atoms with Gasteiger partial charge in [-0.25, -0.2) is 13.8 Å². The van der Waals surface area contributed by atoms with Gasteiger partial charge < -0.3 is 20.1 Å². The Labute approximate surface area is 242 Å². The maximum Gasteiger partial charge on any atom is 0.282 e. The molecule has 42 heavy (non-hydrogen) atoms. The molecule has 5 rings (SSSR count). The van der Waals surface area contributed by atoms with Crippen molar-refractivity contribution in [2.45, 2.75) is 45.1 Å². The maximum atomic E-state index is 13.5. The first-order valence-electron chi connectivity index (χ1n) is 13.9. The SMILES string of the molecule is CC(C)CNCc1cc(C(=O)Nc2cc(-c3ccc(C#N)cc3C(=O)N3CC(F)(F)C3)cc(C3CC3)n2)c(=O)n(C)c1. The van der Waals surface area contributed by atoms with Crippen LogP contribution >= 0.6 is 0 Å². The van der Waals surface area contributed by atoms with Crippen LogP contribution in [-0.2, 0) is 13.6 Å². The number of anilines is 1. The molecule has 1 aliphatic carbocycles. The molecular formula is C31H32F2N6O3. The molecule has 1 saturated heterocycles. The Balaban J connectivity index is 1.48. The summed E-state index contributed by atoms with van der Waals surface area (Å²) in [6, 6.07) is 11.5. The predicted molar refractivity (Wildman–Crippen MR) is 153 cm³/mol. The molecule has 0 radical (unpaired) electrons. The smallest absolute Gasteiger partial charge is 0.282 e. The van der Waals surface area contributed by atoms with E-state index in [9.17, 15) is 28.4 Å². The van der Waals surface area contributed by atoms with Crippen molar-refractivity contribution in [3.8, 4) is 17.2 Å². The summed E-state index contributed by atoms with van der Waals surface area (Å²) >= 11 is 0. The van der Waals surface area contributed by atoms with Crippen molar-refractivity contribution < 1.29 is 18.4 Å². The van der Waals surface area contributed by atoms with Crippen LogP contribution in [0.5, 0.6) is 0 Å². The number of halogens is 2. The first-order valence-corrected chi connectivity index (χ1v) is 13.9.